The molecule has 6 nitrogen and oxygen atoms in total. The molecule has 0 aliphatic rings. The van der Waals surface area contributed by atoms with Crippen LogP contribution in [0.15, 0.2) is 54.6 Å². The summed E-state index contributed by atoms with van der Waals surface area (Å²) >= 11 is 0. The highest BCUT2D eigenvalue weighted by Crippen LogP contribution is 2.21. The number of nitrogens with zero attached hydrogens (tertiary/aromatic N) is 2. The van der Waals surface area contributed by atoms with E-state index in [2.05, 4.69) is 18.7 Å². The smallest absolute Gasteiger partial charge is 0.338 e. The second-order valence-electron chi connectivity index (χ2n) is 5.59. The van der Waals surface area contributed by atoms with Crippen molar-refractivity contribution < 1.29 is 14.5 Å². The van der Waals surface area contributed by atoms with Crippen LogP contribution in [0, 0.1) is 10.1 Å². The third-order valence-corrected chi connectivity index (χ3v) is 4.05. The summed E-state index contributed by atoms with van der Waals surface area (Å²) in [6.45, 7) is 6.42. The van der Waals surface area contributed by atoms with E-state index in [1.165, 1.54) is 24.3 Å². The molecule has 1 atom stereocenters. The van der Waals surface area contributed by atoms with Gasteiger partial charge in [-0.1, -0.05) is 44.2 Å². The first-order valence-electron chi connectivity index (χ1n) is 8.27. The summed E-state index contributed by atoms with van der Waals surface area (Å²) < 4.78 is 5.71. The van der Waals surface area contributed by atoms with Gasteiger partial charge in [-0.3, -0.25) is 15.0 Å². The van der Waals surface area contributed by atoms with Crippen molar-refractivity contribution in [3.63, 3.8) is 0 Å². The number of hydrogen-bond acceptors (Lipinski definition) is 5. The third kappa shape index (κ3) is 5.12. The summed E-state index contributed by atoms with van der Waals surface area (Å²) in [5.74, 6) is -0.490. The van der Waals surface area contributed by atoms with Gasteiger partial charge in [0.1, 0.15) is 6.10 Å². The Labute approximate surface area is 147 Å². The third-order valence-electron chi connectivity index (χ3n) is 4.05. The van der Waals surface area contributed by atoms with Crippen LogP contribution < -0.4 is 0 Å². The number of nitro benzene ring substituents is 1. The second-order valence-corrected chi connectivity index (χ2v) is 5.59. The van der Waals surface area contributed by atoms with Gasteiger partial charge in [0.05, 0.1) is 10.5 Å². The van der Waals surface area contributed by atoms with Crippen molar-refractivity contribution in [2.24, 2.45) is 0 Å². The lowest BCUT2D eigenvalue weighted by Crippen LogP contribution is -2.30. The molecule has 2 aromatic carbocycles. The number of ether oxygens (including phenoxy) is 1. The Kier molecular flexibility index (Phi) is 6.65. The van der Waals surface area contributed by atoms with Crippen LogP contribution in [0.2, 0.25) is 0 Å². The lowest BCUT2D eigenvalue weighted by molar-refractivity contribution is -0.384. The number of nitro groups is 1. The lowest BCUT2D eigenvalue weighted by atomic mass is 10.1. The first kappa shape index (κ1) is 18.6. The maximum Gasteiger partial charge on any atom is 0.338 e. The molecular formula is C19H22N2O4. The fraction of sp³-hybridized carbons (Fsp3) is 0.316. The summed E-state index contributed by atoms with van der Waals surface area (Å²) in [5, 5.41) is 10.7. The predicted molar refractivity (Wildman–Crippen MR) is 95.5 cm³/mol. The molecule has 2 aromatic rings. The molecule has 0 unspecified atom stereocenters. The van der Waals surface area contributed by atoms with Gasteiger partial charge in [0.15, 0.2) is 0 Å². The Morgan fingerprint density at radius 3 is 2.20 bits per heavy atom. The summed E-state index contributed by atoms with van der Waals surface area (Å²) in [4.78, 5) is 24.9. The Morgan fingerprint density at radius 2 is 1.68 bits per heavy atom. The quantitative estimate of drug-likeness (QED) is 0.414. The van der Waals surface area contributed by atoms with Crippen molar-refractivity contribution in [2.45, 2.75) is 20.0 Å². The topological polar surface area (TPSA) is 72.7 Å². The van der Waals surface area contributed by atoms with Gasteiger partial charge >= 0.3 is 5.97 Å². The fourth-order valence-corrected chi connectivity index (χ4v) is 2.51. The molecule has 6 heteroatoms. The first-order chi connectivity index (χ1) is 12.0. The average Bonchev–Trinajstić information content (AvgIpc) is 2.65. The molecule has 0 spiro atoms. The average molecular weight is 342 g/mol. The number of likely N-dealkylation sites (N-methyl/N-ethyl adjacent to an activating group) is 1. The normalized spacial score (nSPS) is 12.0. The van der Waals surface area contributed by atoms with Gasteiger partial charge < -0.3 is 4.74 Å². The standard InChI is InChI=1S/C19H22N2O4/c1-3-20(4-2)14-18(15-8-6-5-7-9-15)25-19(22)16-10-12-17(13-11-16)21(23)24/h5-13,18H,3-4,14H2,1-2H3/t18-/m1/s1. The van der Waals surface area contributed by atoms with Gasteiger partial charge in [-0.05, 0) is 30.8 Å². The summed E-state index contributed by atoms with van der Waals surface area (Å²) in [6, 6.07) is 15.0. The van der Waals surface area contributed by atoms with Gasteiger partial charge in [0, 0.05) is 18.7 Å². The molecule has 132 valence electrons. The summed E-state index contributed by atoms with van der Waals surface area (Å²) in [6.07, 6.45) is -0.399. The van der Waals surface area contributed by atoms with Crippen LogP contribution in [0.5, 0.6) is 0 Å². The minimum Gasteiger partial charge on any atom is -0.453 e. The molecule has 0 aromatic heterocycles. The molecule has 0 fully saturated rings. The second kappa shape index (κ2) is 8.94. The van der Waals surface area contributed by atoms with Crippen molar-refractivity contribution in [3.8, 4) is 0 Å². The number of esters is 1. The molecular weight excluding hydrogens is 320 g/mol. The predicted octanol–water partition coefficient (Wildman–Crippen LogP) is 3.83. The Bertz CT molecular complexity index is 697. The van der Waals surface area contributed by atoms with E-state index in [0.717, 1.165) is 18.7 Å². The van der Waals surface area contributed by atoms with Crippen molar-refractivity contribution in [1.29, 1.82) is 0 Å². The maximum absolute atomic E-state index is 12.5. The minimum absolute atomic E-state index is 0.0562. The monoisotopic (exact) mass is 342 g/mol. The van der Waals surface area contributed by atoms with E-state index >= 15 is 0 Å². The first-order valence-corrected chi connectivity index (χ1v) is 8.27. The van der Waals surface area contributed by atoms with E-state index in [-0.39, 0.29) is 5.69 Å². The van der Waals surface area contributed by atoms with Crippen LogP contribution in [0.25, 0.3) is 0 Å². The highest BCUT2D eigenvalue weighted by molar-refractivity contribution is 5.89. The molecule has 0 heterocycles. The largest absolute Gasteiger partial charge is 0.453 e. The maximum atomic E-state index is 12.5. The number of hydrogen-bond donors (Lipinski definition) is 0. The van der Waals surface area contributed by atoms with E-state index < -0.39 is 17.0 Å². The zero-order valence-corrected chi connectivity index (χ0v) is 14.4. The van der Waals surface area contributed by atoms with Crippen molar-refractivity contribution >= 4 is 11.7 Å². The van der Waals surface area contributed by atoms with E-state index in [0.29, 0.717) is 12.1 Å². The molecule has 2 rings (SSSR count). The summed E-state index contributed by atoms with van der Waals surface area (Å²) in [7, 11) is 0. The van der Waals surface area contributed by atoms with Crippen LogP contribution in [0.4, 0.5) is 5.69 Å². The van der Waals surface area contributed by atoms with Gasteiger partial charge in [-0.25, -0.2) is 4.79 Å². The van der Waals surface area contributed by atoms with E-state index in [9.17, 15) is 14.9 Å². The molecule has 0 saturated carbocycles. The van der Waals surface area contributed by atoms with Crippen LogP contribution in [-0.4, -0.2) is 35.4 Å². The molecule has 0 saturated heterocycles. The fourth-order valence-electron chi connectivity index (χ4n) is 2.51. The van der Waals surface area contributed by atoms with Crippen LogP contribution in [-0.2, 0) is 4.74 Å². The van der Waals surface area contributed by atoms with Crippen LogP contribution in [0.3, 0.4) is 0 Å². The Morgan fingerprint density at radius 1 is 1.08 bits per heavy atom. The van der Waals surface area contributed by atoms with Crippen molar-refractivity contribution in [3.05, 3.63) is 75.8 Å². The van der Waals surface area contributed by atoms with E-state index in [1.807, 2.05) is 30.3 Å². The highest BCUT2D eigenvalue weighted by atomic mass is 16.6. The van der Waals surface area contributed by atoms with Gasteiger partial charge in [-0.2, -0.15) is 0 Å². The zero-order valence-electron chi connectivity index (χ0n) is 14.4. The van der Waals surface area contributed by atoms with Gasteiger partial charge in [-0.15, -0.1) is 0 Å². The number of rotatable bonds is 8. The number of carbonyl (C=O) groups is 1. The van der Waals surface area contributed by atoms with Gasteiger partial charge in [0.2, 0.25) is 0 Å². The molecule has 0 amide bonds. The van der Waals surface area contributed by atoms with Crippen LogP contribution >= 0.6 is 0 Å². The molecule has 0 bridgehead atoms. The van der Waals surface area contributed by atoms with E-state index in [4.69, 9.17) is 4.74 Å². The Hall–Kier alpha value is -2.73. The number of benzene rings is 2. The zero-order chi connectivity index (χ0) is 18.2. The molecule has 0 radical (unpaired) electrons. The van der Waals surface area contributed by atoms with Gasteiger partial charge in [0.25, 0.3) is 5.69 Å². The molecule has 0 aliphatic heterocycles. The summed E-state index contributed by atoms with van der Waals surface area (Å²) in [5.41, 5.74) is 1.16. The molecule has 0 aliphatic carbocycles. The molecule has 25 heavy (non-hydrogen) atoms. The SMILES string of the molecule is CCN(CC)C[C@@H](OC(=O)c1ccc([N+](=O)[O-])cc1)c1ccccc1. The molecule has 0 N–H and O–H groups in total. The number of non-ortho nitro benzene ring substituents is 1. The minimum atomic E-state index is -0.498. The Balaban J connectivity index is 2.17. The van der Waals surface area contributed by atoms with Crippen molar-refractivity contribution in [2.75, 3.05) is 19.6 Å². The highest BCUT2D eigenvalue weighted by Gasteiger charge is 2.20. The van der Waals surface area contributed by atoms with Crippen LogP contribution in [0.1, 0.15) is 35.9 Å². The van der Waals surface area contributed by atoms with Crippen molar-refractivity contribution in [1.82, 2.24) is 4.90 Å². The number of carbonyl (C=O) groups excluding carboxylic acids is 1. The van der Waals surface area contributed by atoms with E-state index in [1.54, 1.807) is 0 Å². The lowest BCUT2D eigenvalue weighted by Gasteiger charge is -2.25.